The Morgan fingerprint density at radius 3 is 2.71 bits per heavy atom. The number of non-ortho nitro benzene ring substituents is 1. The highest BCUT2D eigenvalue weighted by Gasteiger charge is 2.12. The molecule has 0 bridgehead atoms. The first-order valence-corrected chi connectivity index (χ1v) is 7.06. The first kappa shape index (κ1) is 15.8. The zero-order valence-electron chi connectivity index (χ0n) is 12.0. The molecule has 3 rings (SSSR count). The molecule has 0 saturated heterocycles. The van der Waals surface area contributed by atoms with Crippen molar-refractivity contribution in [2.24, 2.45) is 0 Å². The van der Waals surface area contributed by atoms with Gasteiger partial charge in [0, 0.05) is 30.1 Å². The lowest BCUT2D eigenvalue weighted by atomic mass is 10.2. The first-order chi connectivity index (χ1) is 11.5. The SMILES string of the molecule is O=[N+]([O-])c1ccc(F)c(Nc2nccc(-c3ccc(Cl)nc3)n2)c1. The van der Waals surface area contributed by atoms with Crippen LogP contribution in [0, 0.1) is 15.9 Å². The molecule has 1 aromatic carbocycles. The van der Waals surface area contributed by atoms with Crippen molar-refractivity contribution in [1.29, 1.82) is 0 Å². The third-order valence-electron chi connectivity index (χ3n) is 3.09. The Kier molecular flexibility index (Phi) is 4.30. The maximum absolute atomic E-state index is 13.8. The number of nitrogens with one attached hydrogen (secondary N) is 1. The number of benzene rings is 1. The fraction of sp³-hybridized carbons (Fsp3) is 0. The topological polar surface area (TPSA) is 93.8 Å². The van der Waals surface area contributed by atoms with E-state index in [9.17, 15) is 14.5 Å². The zero-order valence-corrected chi connectivity index (χ0v) is 12.7. The summed E-state index contributed by atoms with van der Waals surface area (Å²) < 4.78 is 13.8. The molecular weight excluding hydrogens is 337 g/mol. The van der Waals surface area contributed by atoms with Gasteiger partial charge in [0.05, 0.1) is 16.3 Å². The van der Waals surface area contributed by atoms with E-state index in [-0.39, 0.29) is 17.3 Å². The van der Waals surface area contributed by atoms with Crippen molar-refractivity contribution in [2.45, 2.75) is 0 Å². The van der Waals surface area contributed by atoms with E-state index in [0.29, 0.717) is 16.4 Å². The number of nitrogens with zero attached hydrogens (tertiary/aromatic N) is 4. The third kappa shape index (κ3) is 3.44. The molecule has 1 N–H and O–H groups in total. The van der Waals surface area contributed by atoms with Gasteiger partial charge in [0.1, 0.15) is 11.0 Å². The van der Waals surface area contributed by atoms with Crippen LogP contribution in [0.1, 0.15) is 0 Å². The summed E-state index contributed by atoms with van der Waals surface area (Å²) in [5, 5.41) is 13.8. The summed E-state index contributed by atoms with van der Waals surface area (Å²) in [4.78, 5) is 22.4. The lowest BCUT2D eigenvalue weighted by molar-refractivity contribution is -0.384. The molecule has 7 nitrogen and oxygen atoms in total. The van der Waals surface area contributed by atoms with Crippen molar-refractivity contribution in [2.75, 3.05) is 5.32 Å². The highest BCUT2D eigenvalue weighted by atomic mass is 35.5. The van der Waals surface area contributed by atoms with Crippen molar-refractivity contribution in [1.82, 2.24) is 15.0 Å². The van der Waals surface area contributed by atoms with Crippen LogP contribution in [-0.2, 0) is 0 Å². The highest BCUT2D eigenvalue weighted by molar-refractivity contribution is 6.29. The molecule has 0 radical (unpaired) electrons. The molecule has 24 heavy (non-hydrogen) atoms. The normalized spacial score (nSPS) is 10.4. The van der Waals surface area contributed by atoms with Crippen molar-refractivity contribution >= 4 is 28.9 Å². The van der Waals surface area contributed by atoms with Crippen molar-refractivity contribution in [3.05, 3.63) is 69.9 Å². The predicted molar refractivity (Wildman–Crippen MR) is 86.6 cm³/mol. The molecule has 0 saturated carbocycles. The van der Waals surface area contributed by atoms with Gasteiger partial charge in [0.15, 0.2) is 0 Å². The van der Waals surface area contributed by atoms with E-state index in [1.54, 1.807) is 24.4 Å². The van der Waals surface area contributed by atoms with E-state index >= 15 is 0 Å². The Balaban J connectivity index is 1.91. The zero-order chi connectivity index (χ0) is 17.1. The Morgan fingerprint density at radius 2 is 2.00 bits per heavy atom. The Morgan fingerprint density at radius 1 is 1.17 bits per heavy atom. The largest absolute Gasteiger partial charge is 0.321 e. The van der Waals surface area contributed by atoms with Crippen LogP contribution in [0.3, 0.4) is 0 Å². The van der Waals surface area contributed by atoms with Crippen LogP contribution in [0.5, 0.6) is 0 Å². The quantitative estimate of drug-likeness (QED) is 0.436. The molecule has 0 atom stereocenters. The maximum atomic E-state index is 13.8. The summed E-state index contributed by atoms with van der Waals surface area (Å²) in [5.41, 5.74) is 0.916. The second-order valence-corrected chi connectivity index (χ2v) is 5.07. The number of aromatic nitrogens is 3. The molecule has 0 spiro atoms. The van der Waals surface area contributed by atoms with Crippen LogP contribution in [0.4, 0.5) is 21.7 Å². The van der Waals surface area contributed by atoms with Gasteiger partial charge in [-0.25, -0.2) is 19.3 Å². The van der Waals surface area contributed by atoms with Crippen LogP contribution in [0.15, 0.2) is 48.8 Å². The molecule has 0 aliphatic rings. The molecular formula is C15H9ClFN5O2. The van der Waals surface area contributed by atoms with Crippen LogP contribution in [-0.4, -0.2) is 19.9 Å². The van der Waals surface area contributed by atoms with Crippen LogP contribution in [0.25, 0.3) is 11.3 Å². The van der Waals surface area contributed by atoms with Crippen LogP contribution >= 0.6 is 11.6 Å². The fourth-order valence-electron chi connectivity index (χ4n) is 1.95. The van der Waals surface area contributed by atoms with Gasteiger partial charge in [-0.15, -0.1) is 0 Å². The van der Waals surface area contributed by atoms with Gasteiger partial charge < -0.3 is 5.32 Å². The molecule has 120 valence electrons. The Bertz CT molecular complexity index is 905. The first-order valence-electron chi connectivity index (χ1n) is 6.69. The Labute approximate surface area is 140 Å². The molecule has 3 aromatic rings. The molecule has 0 unspecified atom stereocenters. The number of halogens is 2. The minimum atomic E-state index is -0.650. The van der Waals surface area contributed by atoms with E-state index in [0.717, 1.165) is 18.2 Å². The number of anilines is 2. The highest BCUT2D eigenvalue weighted by Crippen LogP contribution is 2.24. The van der Waals surface area contributed by atoms with E-state index in [2.05, 4.69) is 20.3 Å². The second-order valence-electron chi connectivity index (χ2n) is 4.68. The van der Waals surface area contributed by atoms with Crippen molar-refractivity contribution in [3.8, 4) is 11.3 Å². The number of hydrogen-bond donors (Lipinski definition) is 1. The fourth-order valence-corrected chi connectivity index (χ4v) is 2.06. The molecule has 2 aromatic heterocycles. The van der Waals surface area contributed by atoms with Crippen LogP contribution < -0.4 is 5.32 Å². The van der Waals surface area contributed by atoms with Gasteiger partial charge in [-0.3, -0.25) is 10.1 Å². The maximum Gasteiger partial charge on any atom is 0.271 e. The number of rotatable bonds is 4. The minimum absolute atomic E-state index is 0.0874. The molecule has 0 fully saturated rings. The van der Waals surface area contributed by atoms with Gasteiger partial charge in [0.25, 0.3) is 5.69 Å². The molecule has 0 aliphatic carbocycles. The van der Waals surface area contributed by atoms with E-state index in [1.807, 2.05) is 0 Å². The molecule has 9 heteroatoms. The summed E-state index contributed by atoms with van der Waals surface area (Å²) in [6.45, 7) is 0. The number of nitro groups is 1. The summed E-state index contributed by atoms with van der Waals surface area (Å²) in [7, 11) is 0. The summed E-state index contributed by atoms with van der Waals surface area (Å²) in [6, 6.07) is 8.17. The van der Waals surface area contributed by atoms with Gasteiger partial charge >= 0.3 is 0 Å². The third-order valence-corrected chi connectivity index (χ3v) is 3.31. The number of nitro benzene ring substituents is 1. The predicted octanol–water partition coefficient (Wildman–Crippen LogP) is 3.98. The van der Waals surface area contributed by atoms with E-state index in [4.69, 9.17) is 11.6 Å². The summed E-state index contributed by atoms with van der Waals surface area (Å²) in [5.74, 6) is -0.551. The number of pyridine rings is 1. The van der Waals surface area contributed by atoms with Gasteiger partial charge in [-0.05, 0) is 24.3 Å². The van der Waals surface area contributed by atoms with Gasteiger partial charge in [-0.1, -0.05) is 11.6 Å². The molecule has 0 aliphatic heterocycles. The minimum Gasteiger partial charge on any atom is -0.321 e. The average Bonchev–Trinajstić information content (AvgIpc) is 2.57. The summed E-state index contributed by atoms with van der Waals surface area (Å²) in [6.07, 6.45) is 3.02. The molecule has 0 amide bonds. The van der Waals surface area contributed by atoms with Crippen molar-refractivity contribution in [3.63, 3.8) is 0 Å². The second kappa shape index (κ2) is 6.55. The Hall–Kier alpha value is -3.13. The molecule has 2 heterocycles. The van der Waals surface area contributed by atoms with E-state index < -0.39 is 10.7 Å². The van der Waals surface area contributed by atoms with Gasteiger partial charge in [0.2, 0.25) is 5.95 Å². The number of hydrogen-bond acceptors (Lipinski definition) is 6. The average molecular weight is 346 g/mol. The summed E-state index contributed by atoms with van der Waals surface area (Å²) >= 11 is 5.74. The lowest BCUT2D eigenvalue weighted by Gasteiger charge is -2.07. The van der Waals surface area contributed by atoms with Crippen molar-refractivity contribution < 1.29 is 9.31 Å². The lowest BCUT2D eigenvalue weighted by Crippen LogP contribution is -2.01. The van der Waals surface area contributed by atoms with Gasteiger partial charge in [-0.2, -0.15) is 0 Å². The smallest absolute Gasteiger partial charge is 0.271 e. The monoisotopic (exact) mass is 345 g/mol. The standard InChI is InChI=1S/C15H9ClFN5O2/c16-14-4-1-9(8-19-14)12-5-6-18-15(20-12)21-13-7-10(22(23)24)2-3-11(13)17/h1-8H,(H,18,20,21). The van der Waals surface area contributed by atoms with Crippen LogP contribution in [0.2, 0.25) is 5.15 Å². The van der Waals surface area contributed by atoms with E-state index in [1.165, 1.54) is 6.20 Å².